The molecule has 3 heterocycles. The maximum atomic E-state index is 14.4. The number of oxime groups is 1. The van der Waals surface area contributed by atoms with Gasteiger partial charge >= 0.3 is 0 Å². The Hall–Kier alpha value is -2.37. The maximum absolute atomic E-state index is 14.4. The second kappa shape index (κ2) is 8.29. The second-order valence-corrected chi connectivity index (χ2v) is 9.62. The summed E-state index contributed by atoms with van der Waals surface area (Å²) < 4.78 is 68.2. The average molecular weight is 475 g/mol. The Kier molecular flexibility index (Phi) is 5.84. The van der Waals surface area contributed by atoms with Crippen molar-refractivity contribution in [3.63, 3.8) is 0 Å². The lowest BCUT2D eigenvalue weighted by Crippen LogP contribution is -2.41. The van der Waals surface area contributed by atoms with E-state index in [0.29, 0.717) is 5.84 Å². The molecule has 2 aliphatic heterocycles. The molecule has 31 heavy (non-hydrogen) atoms. The van der Waals surface area contributed by atoms with Crippen LogP contribution in [0.3, 0.4) is 0 Å². The summed E-state index contributed by atoms with van der Waals surface area (Å²) in [5.74, 6) is -1.17. The van der Waals surface area contributed by atoms with Gasteiger partial charge in [0.1, 0.15) is 23.6 Å². The molecule has 1 aromatic carbocycles. The Morgan fingerprint density at radius 3 is 2.65 bits per heavy atom. The topological polar surface area (TPSA) is 83.9 Å². The third-order valence-corrected chi connectivity index (χ3v) is 5.99. The highest BCUT2D eigenvalue weighted by Crippen LogP contribution is 2.38. The summed E-state index contributed by atoms with van der Waals surface area (Å²) >= 11 is 6.01. The number of likely N-dealkylation sites (tertiary alicyclic amines) is 1. The monoisotopic (exact) mass is 474 g/mol. The van der Waals surface area contributed by atoms with Crippen LogP contribution < -0.4 is 4.72 Å². The predicted molar refractivity (Wildman–Crippen MR) is 109 cm³/mol. The molecule has 2 aliphatic rings. The Bertz CT molecular complexity index is 1130. The van der Waals surface area contributed by atoms with Gasteiger partial charge in [0.05, 0.1) is 41.5 Å². The number of amidine groups is 1. The Labute approximate surface area is 181 Å². The Morgan fingerprint density at radius 2 is 1.97 bits per heavy atom. The number of sulfonamides is 1. The first kappa shape index (κ1) is 21.8. The molecule has 1 fully saturated rings. The van der Waals surface area contributed by atoms with Gasteiger partial charge in [-0.05, 0) is 18.2 Å². The van der Waals surface area contributed by atoms with Crippen LogP contribution in [0.25, 0.3) is 11.1 Å². The summed E-state index contributed by atoms with van der Waals surface area (Å²) in [6, 6.07) is 3.99. The zero-order chi connectivity index (χ0) is 22.3. The summed E-state index contributed by atoms with van der Waals surface area (Å²) in [7, 11) is -3.57. The van der Waals surface area contributed by atoms with E-state index < -0.39 is 40.0 Å². The van der Waals surface area contributed by atoms with Crippen LogP contribution in [0.1, 0.15) is 18.2 Å². The van der Waals surface area contributed by atoms with E-state index in [-0.39, 0.29) is 41.4 Å². The maximum Gasteiger partial charge on any atom is 0.209 e. The number of hydrogen-bond donors (Lipinski definition) is 1. The molecule has 1 unspecified atom stereocenters. The molecule has 0 aliphatic carbocycles. The number of alkyl halides is 1. The van der Waals surface area contributed by atoms with Crippen molar-refractivity contribution in [1.82, 2.24) is 14.6 Å². The molecule has 166 valence electrons. The quantitative estimate of drug-likeness (QED) is 0.736. The molecule has 0 spiro atoms. The largest absolute Gasteiger partial charge is 0.384 e. The van der Waals surface area contributed by atoms with Crippen molar-refractivity contribution < 1.29 is 26.4 Å². The molecule has 12 heteroatoms. The smallest absolute Gasteiger partial charge is 0.209 e. The standard InChI is InChI=1S/C19H18ClF3N4O3S/c1-31(28,29)26-15-9-27(8-14(15)23)17-6-16(30-25-17)19-11(5-10(20)7-24-19)18-12(21)3-2-4-13(18)22/h2-5,7,14-16,26H,6,8-9H2,1H3/t14-,15+,16?/m0/s1. The van der Waals surface area contributed by atoms with Crippen molar-refractivity contribution in [2.75, 3.05) is 19.3 Å². The fraction of sp³-hybridized carbons (Fsp3) is 0.368. The number of nitrogens with one attached hydrogen (secondary N) is 1. The minimum Gasteiger partial charge on any atom is -0.384 e. The molecule has 0 radical (unpaired) electrons. The zero-order valence-corrected chi connectivity index (χ0v) is 17.8. The summed E-state index contributed by atoms with van der Waals surface area (Å²) in [4.78, 5) is 11.2. The van der Waals surface area contributed by atoms with Crippen molar-refractivity contribution in [3.8, 4) is 11.1 Å². The normalized spacial score (nSPS) is 23.7. The summed E-state index contributed by atoms with van der Waals surface area (Å²) in [6.45, 7) is 0.0109. The molecule has 0 saturated carbocycles. The van der Waals surface area contributed by atoms with E-state index >= 15 is 0 Å². The summed E-state index contributed by atoms with van der Waals surface area (Å²) in [6.07, 6.45) is 0.259. The highest BCUT2D eigenvalue weighted by Gasteiger charge is 2.39. The first-order valence-electron chi connectivity index (χ1n) is 9.31. The SMILES string of the molecule is CS(=O)(=O)N[C@@H]1CN(C2=NOC(c3ncc(Cl)cc3-c3c(F)cccc3F)C2)C[C@@H]1F. The molecule has 4 rings (SSSR count). The van der Waals surface area contributed by atoms with Crippen molar-refractivity contribution in [3.05, 3.63) is 52.8 Å². The van der Waals surface area contributed by atoms with Gasteiger partial charge in [-0.2, -0.15) is 0 Å². The first-order chi connectivity index (χ1) is 14.6. The number of hydrogen-bond acceptors (Lipinski definition) is 6. The van der Waals surface area contributed by atoms with E-state index in [1.165, 1.54) is 18.3 Å². The molecule has 1 N–H and O–H groups in total. The van der Waals surface area contributed by atoms with Gasteiger partial charge in [0.25, 0.3) is 0 Å². The molecule has 7 nitrogen and oxygen atoms in total. The fourth-order valence-corrected chi connectivity index (χ4v) is 4.65. The number of benzene rings is 1. The van der Waals surface area contributed by atoms with E-state index in [2.05, 4.69) is 14.9 Å². The highest BCUT2D eigenvalue weighted by atomic mass is 35.5. The Morgan fingerprint density at radius 1 is 1.26 bits per heavy atom. The van der Waals surface area contributed by atoms with Gasteiger partial charge in [0, 0.05) is 18.3 Å². The number of halogens is 4. The molecule has 0 bridgehead atoms. The summed E-state index contributed by atoms with van der Waals surface area (Å²) in [5, 5.41) is 4.17. The van der Waals surface area contributed by atoms with Crippen LogP contribution in [-0.4, -0.2) is 55.7 Å². The minimum absolute atomic E-state index is 0.0645. The van der Waals surface area contributed by atoms with Gasteiger partial charge < -0.3 is 9.74 Å². The predicted octanol–water partition coefficient (Wildman–Crippen LogP) is 3.03. The van der Waals surface area contributed by atoms with Gasteiger partial charge in [-0.25, -0.2) is 26.3 Å². The van der Waals surface area contributed by atoms with Crippen LogP contribution >= 0.6 is 11.6 Å². The lowest BCUT2D eigenvalue weighted by atomic mass is 9.98. The van der Waals surface area contributed by atoms with Crippen LogP contribution in [0.15, 0.2) is 35.6 Å². The van der Waals surface area contributed by atoms with Crippen LogP contribution in [0.2, 0.25) is 5.02 Å². The van der Waals surface area contributed by atoms with Gasteiger partial charge in [0.15, 0.2) is 6.10 Å². The van der Waals surface area contributed by atoms with Crippen LogP contribution in [-0.2, 0) is 14.9 Å². The summed E-state index contributed by atoms with van der Waals surface area (Å²) in [5.41, 5.74) is 0.0758. The third kappa shape index (κ3) is 4.63. The van der Waals surface area contributed by atoms with Crippen molar-refractivity contribution in [2.24, 2.45) is 5.16 Å². The molecule has 3 atom stereocenters. The minimum atomic E-state index is -3.57. The first-order valence-corrected chi connectivity index (χ1v) is 11.6. The van der Waals surface area contributed by atoms with Gasteiger partial charge in [-0.3, -0.25) is 4.98 Å². The van der Waals surface area contributed by atoms with Gasteiger partial charge in [-0.15, -0.1) is 0 Å². The van der Waals surface area contributed by atoms with Crippen LogP contribution in [0.4, 0.5) is 13.2 Å². The van der Waals surface area contributed by atoms with Gasteiger partial charge in [-0.1, -0.05) is 22.8 Å². The zero-order valence-electron chi connectivity index (χ0n) is 16.2. The second-order valence-electron chi connectivity index (χ2n) is 7.41. The van der Waals surface area contributed by atoms with E-state index in [4.69, 9.17) is 16.4 Å². The molecular formula is C19H18ClF3N4O3S. The molecular weight excluding hydrogens is 457 g/mol. The van der Waals surface area contributed by atoms with E-state index in [0.717, 1.165) is 18.4 Å². The molecule has 1 saturated heterocycles. The van der Waals surface area contributed by atoms with Crippen molar-refractivity contribution in [2.45, 2.75) is 24.7 Å². The lowest BCUT2D eigenvalue weighted by Gasteiger charge is -2.17. The van der Waals surface area contributed by atoms with Crippen LogP contribution in [0, 0.1) is 11.6 Å². The van der Waals surface area contributed by atoms with Crippen molar-refractivity contribution >= 4 is 27.5 Å². The van der Waals surface area contributed by atoms with E-state index in [1.54, 1.807) is 4.90 Å². The third-order valence-electron chi connectivity index (χ3n) is 5.05. The molecule has 2 aromatic rings. The fourth-order valence-electron chi connectivity index (χ4n) is 3.72. The van der Waals surface area contributed by atoms with Gasteiger partial charge in [0.2, 0.25) is 10.0 Å². The average Bonchev–Trinajstić information content (AvgIpc) is 3.28. The van der Waals surface area contributed by atoms with E-state index in [9.17, 15) is 21.6 Å². The van der Waals surface area contributed by atoms with E-state index in [1.807, 2.05) is 0 Å². The number of aromatic nitrogens is 1. The highest BCUT2D eigenvalue weighted by molar-refractivity contribution is 7.88. The van der Waals surface area contributed by atoms with Crippen LogP contribution in [0.5, 0.6) is 0 Å². The number of pyridine rings is 1. The number of rotatable bonds is 4. The lowest BCUT2D eigenvalue weighted by molar-refractivity contribution is 0.0828. The van der Waals surface area contributed by atoms with Crippen molar-refractivity contribution in [1.29, 1.82) is 0 Å². The molecule has 1 aromatic heterocycles. The molecule has 0 amide bonds. The Balaban J connectivity index is 1.57. The number of nitrogens with zero attached hydrogens (tertiary/aromatic N) is 3.